The van der Waals surface area contributed by atoms with Crippen LogP contribution in [0.2, 0.25) is 0 Å². The summed E-state index contributed by atoms with van der Waals surface area (Å²) < 4.78 is 0. The largest absolute Gasteiger partial charge is 0.353 e. The SMILES string of the molecule is N[C@@H](CSSC[C@H](N)C(=O)NCCN1CCCCC1)C(=O)NCCN1CCCCC1. The topological polar surface area (TPSA) is 117 Å². The molecule has 8 nitrogen and oxygen atoms in total. The van der Waals surface area contributed by atoms with Crippen LogP contribution < -0.4 is 22.1 Å². The first kappa shape index (κ1) is 25.7. The van der Waals surface area contributed by atoms with Crippen LogP contribution in [0.3, 0.4) is 0 Å². The van der Waals surface area contributed by atoms with Gasteiger partial charge in [-0.1, -0.05) is 34.4 Å². The summed E-state index contributed by atoms with van der Waals surface area (Å²) in [5, 5.41) is 5.85. The van der Waals surface area contributed by atoms with Crippen molar-refractivity contribution >= 4 is 33.4 Å². The summed E-state index contributed by atoms with van der Waals surface area (Å²) in [4.78, 5) is 29.0. The highest BCUT2D eigenvalue weighted by Gasteiger charge is 2.17. The minimum Gasteiger partial charge on any atom is -0.353 e. The molecule has 0 saturated carbocycles. The van der Waals surface area contributed by atoms with Gasteiger partial charge >= 0.3 is 0 Å². The van der Waals surface area contributed by atoms with Gasteiger partial charge in [0.25, 0.3) is 0 Å². The lowest BCUT2D eigenvalue weighted by molar-refractivity contribution is -0.122. The minimum atomic E-state index is -0.543. The lowest BCUT2D eigenvalue weighted by atomic mass is 10.1. The smallest absolute Gasteiger partial charge is 0.237 e. The summed E-state index contributed by atoms with van der Waals surface area (Å²) in [7, 11) is 2.99. The predicted octanol–water partition coefficient (Wildman–Crippen LogP) is 0.227. The number of piperidine rings is 2. The molecule has 6 N–H and O–H groups in total. The third-order valence-electron chi connectivity index (χ3n) is 5.60. The van der Waals surface area contributed by atoms with Crippen molar-refractivity contribution in [2.45, 2.75) is 50.6 Å². The van der Waals surface area contributed by atoms with Gasteiger partial charge in [-0.2, -0.15) is 0 Å². The zero-order valence-electron chi connectivity index (χ0n) is 18.2. The van der Waals surface area contributed by atoms with Crippen molar-refractivity contribution in [2.24, 2.45) is 11.5 Å². The number of nitrogens with one attached hydrogen (secondary N) is 2. The molecule has 0 spiro atoms. The molecule has 2 rings (SSSR count). The highest BCUT2D eigenvalue weighted by molar-refractivity contribution is 8.76. The summed E-state index contributed by atoms with van der Waals surface area (Å²) >= 11 is 0. The summed E-state index contributed by atoms with van der Waals surface area (Å²) in [5.41, 5.74) is 11.9. The molecule has 2 heterocycles. The van der Waals surface area contributed by atoms with E-state index in [9.17, 15) is 9.59 Å². The Bertz CT molecular complexity index is 458. The maximum atomic E-state index is 12.1. The fourth-order valence-electron chi connectivity index (χ4n) is 3.70. The zero-order valence-corrected chi connectivity index (χ0v) is 19.8. The Labute approximate surface area is 189 Å². The number of carbonyl (C=O) groups is 2. The molecule has 2 aliphatic heterocycles. The minimum absolute atomic E-state index is 0.111. The molecule has 2 amide bonds. The molecule has 2 aliphatic rings. The van der Waals surface area contributed by atoms with Crippen molar-refractivity contribution in [3.63, 3.8) is 0 Å². The molecule has 0 aromatic rings. The Morgan fingerprint density at radius 2 is 1.07 bits per heavy atom. The second-order valence-corrected chi connectivity index (χ2v) is 10.7. The molecule has 2 atom stereocenters. The highest BCUT2D eigenvalue weighted by atomic mass is 33.1. The second-order valence-electron chi connectivity index (χ2n) is 8.17. The fraction of sp³-hybridized carbons (Fsp3) is 0.900. The molecular formula is C20H40N6O2S2. The van der Waals surface area contributed by atoms with E-state index < -0.39 is 12.1 Å². The Morgan fingerprint density at radius 3 is 1.43 bits per heavy atom. The van der Waals surface area contributed by atoms with Crippen LogP contribution in [0.4, 0.5) is 0 Å². The van der Waals surface area contributed by atoms with Gasteiger partial charge in [0.1, 0.15) is 0 Å². The monoisotopic (exact) mass is 460 g/mol. The van der Waals surface area contributed by atoms with E-state index >= 15 is 0 Å². The van der Waals surface area contributed by atoms with E-state index in [1.165, 1.54) is 60.1 Å². The average Bonchev–Trinajstić information content (AvgIpc) is 2.77. The number of likely N-dealkylation sites (tertiary alicyclic amines) is 2. The number of rotatable bonds is 13. The molecule has 0 bridgehead atoms. The molecule has 0 aromatic heterocycles. The van der Waals surface area contributed by atoms with Gasteiger partial charge in [0.2, 0.25) is 11.8 Å². The third kappa shape index (κ3) is 10.7. The number of amides is 2. The van der Waals surface area contributed by atoms with Crippen LogP contribution in [0.25, 0.3) is 0 Å². The number of carbonyl (C=O) groups excluding carboxylic acids is 2. The number of nitrogens with two attached hydrogens (primary N) is 2. The van der Waals surface area contributed by atoms with Gasteiger partial charge in [0, 0.05) is 37.7 Å². The average molecular weight is 461 g/mol. The molecule has 10 heteroatoms. The maximum absolute atomic E-state index is 12.1. The molecule has 0 unspecified atom stereocenters. The van der Waals surface area contributed by atoms with Gasteiger partial charge in [-0.3, -0.25) is 9.59 Å². The van der Waals surface area contributed by atoms with E-state index in [4.69, 9.17) is 11.5 Å². The number of hydrogen-bond donors (Lipinski definition) is 4. The molecule has 0 radical (unpaired) electrons. The quantitative estimate of drug-likeness (QED) is 0.228. The van der Waals surface area contributed by atoms with Gasteiger partial charge in [-0.15, -0.1) is 0 Å². The Morgan fingerprint density at radius 1 is 0.700 bits per heavy atom. The van der Waals surface area contributed by atoms with Crippen LogP contribution in [0.1, 0.15) is 38.5 Å². The van der Waals surface area contributed by atoms with E-state index in [0.29, 0.717) is 24.6 Å². The van der Waals surface area contributed by atoms with Gasteiger partial charge in [0.05, 0.1) is 12.1 Å². The Balaban J connectivity index is 1.46. The van der Waals surface area contributed by atoms with E-state index in [1.807, 2.05) is 0 Å². The van der Waals surface area contributed by atoms with Crippen LogP contribution in [0.5, 0.6) is 0 Å². The maximum Gasteiger partial charge on any atom is 0.237 e. The molecular weight excluding hydrogens is 420 g/mol. The molecule has 0 aromatic carbocycles. The van der Waals surface area contributed by atoms with Crippen LogP contribution in [-0.2, 0) is 9.59 Å². The summed E-state index contributed by atoms with van der Waals surface area (Å²) in [6.07, 6.45) is 7.62. The number of hydrogen-bond acceptors (Lipinski definition) is 8. The molecule has 30 heavy (non-hydrogen) atoms. The Kier molecular flexibility index (Phi) is 13.1. The lowest BCUT2D eigenvalue weighted by Crippen LogP contribution is -2.46. The Hall–Kier alpha value is -0.520. The first-order valence-corrected chi connectivity index (χ1v) is 13.8. The van der Waals surface area contributed by atoms with E-state index in [1.54, 1.807) is 0 Å². The van der Waals surface area contributed by atoms with Crippen molar-refractivity contribution in [3.8, 4) is 0 Å². The van der Waals surface area contributed by atoms with Crippen LogP contribution in [0.15, 0.2) is 0 Å². The second kappa shape index (κ2) is 15.3. The van der Waals surface area contributed by atoms with Crippen molar-refractivity contribution in [2.75, 3.05) is 63.9 Å². The standard InChI is InChI=1S/C20H40N6O2S2/c21-17(19(27)23-7-13-25-9-3-1-4-10-25)15-29-30-16-18(22)20(28)24-8-14-26-11-5-2-6-12-26/h17-18H,1-16,21-22H2,(H,23,27)(H,24,28)/t17-,18-/m0/s1. The lowest BCUT2D eigenvalue weighted by Gasteiger charge is -2.26. The van der Waals surface area contributed by atoms with Gasteiger partial charge in [0.15, 0.2) is 0 Å². The number of nitrogens with zero attached hydrogens (tertiary/aromatic N) is 2. The van der Waals surface area contributed by atoms with Crippen molar-refractivity contribution < 1.29 is 9.59 Å². The van der Waals surface area contributed by atoms with Crippen LogP contribution in [-0.4, -0.2) is 97.6 Å². The predicted molar refractivity (Wildman–Crippen MR) is 127 cm³/mol. The van der Waals surface area contributed by atoms with Gasteiger partial charge in [-0.05, 0) is 51.9 Å². The summed E-state index contributed by atoms with van der Waals surface area (Å²) in [6, 6.07) is -1.09. The first-order chi connectivity index (χ1) is 14.6. The summed E-state index contributed by atoms with van der Waals surface area (Å²) in [5.74, 6) is 0.784. The van der Waals surface area contributed by atoms with Gasteiger partial charge in [-0.25, -0.2) is 0 Å². The normalized spacial score (nSPS) is 20.5. The van der Waals surface area contributed by atoms with Crippen molar-refractivity contribution in [3.05, 3.63) is 0 Å². The molecule has 2 fully saturated rings. The molecule has 0 aliphatic carbocycles. The fourth-order valence-corrected chi connectivity index (χ4v) is 5.94. The van der Waals surface area contributed by atoms with E-state index in [-0.39, 0.29) is 11.8 Å². The van der Waals surface area contributed by atoms with Crippen LogP contribution >= 0.6 is 21.6 Å². The van der Waals surface area contributed by atoms with Crippen molar-refractivity contribution in [1.29, 1.82) is 0 Å². The van der Waals surface area contributed by atoms with E-state index in [0.717, 1.165) is 39.3 Å². The van der Waals surface area contributed by atoms with Gasteiger partial charge < -0.3 is 31.9 Å². The molecule has 174 valence electrons. The van der Waals surface area contributed by atoms with Crippen LogP contribution in [0, 0.1) is 0 Å². The third-order valence-corrected chi connectivity index (χ3v) is 8.08. The highest BCUT2D eigenvalue weighted by Crippen LogP contribution is 2.22. The molecule has 2 saturated heterocycles. The van der Waals surface area contributed by atoms with E-state index in [2.05, 4.69) is 20.4 Å². The zero-order chi connectivity index (χ0) is 21.6. The van der Waals surface area contributed by atoms with Crippen molar-refractivity contribution in [1.82, 2.24) is 20.4 Å². The first-order valence-electron chi connectivity index (χ1n) is 11.3. The summed E-state index contributed by atoms with van der Waals surface area (Å²) in [6.45, 7) is 7.58.